The zero-order valence-electron chi connectivity index (χ0n) is 12.4. The van der Waals surface area contributed by atoms with Gasteiger partial charge in [-0.3, -0.25) is 9.59 Å². The smallest absolute Gasteiger partial charge is 0.305 e. The zero-order chi connectivity index (χ0) is 15.8. The monoisotopic (exact) mass is 302 g/mol. The van der Waals surface area contributed by atoms with E-state index in [-0.39, 0.29) is 24.0 Å². The number of carbonyl (C=O) groups excluding carboxylic acids is 2. The van der Waals surface area contributed by atoms with Crippen LogP contribution in [0.25, 0.3) is 11.3 Å². The highest BCUT2D eigenvalue weighted by molar-refractivity contribution is 5.93. The fourth-order valence-corrected chi connectivity index (χ4v) is 1.88. The van der Waals surface area contributed by atoms with Crippen molar-refractivity contribution in [2.75, 3.05) is 13.2 Å². The Morgan fingerprint density at radius 1 is 1.27 bits per heavy atom. The molecule has 0 saturated heterocycles. The highest BCUT2D eigenvalue weighted by atomic mass is 16.5. The Morgan fingerprint density at radius 3 is 2.77 bits per heavy atom. The number of hydrogen-bond donors (Lipinski definition) is 1. The first kappa shape index (κ1) is 15.8. The maximum Gasteiger partial charge on any atom is 0.305 e. The first-order chi connectivity index (χ1) is 10.7. The van der Waals surface area contributed by atoms with Crippen LogP contribution < -0.4 is 5.32 Å². The lowest BCUT2D eigenvalue weighted by Crippen LogP contribution is -2.25. The van der Waals surface area contributed by atoms with Crippen molar-refractivity contribution in [2.24, 2.45) is 0 Å². The molecule has 0 fully saturated rings. The van der Waals surface area contributed by atoms with E-state index in [9.17, 15) is 9.59 Å². The van der Waals surface area contributed by atoms with Crippen molar-refractivity contribution < 1.29 is 18.8 Å². The van der Waals surface area contributed by atoms with Gasteiger partial charge in [0.05, 0.1) is 6.61 Å². The number of aromatic nitrogens is 1. The molecule has 0 aliphatic heterocycles. The molecule has 6 nitrogen and oxygen atoms in total. The molecule has 1 aromatic heterocycles. The fourth-order valence-electron chi connectivity index (χ4n) is 1.88. The average Bonchev–Trinajstić information content (AvgIpc) is 3.02. The summed E-state index contributed by atoms with van der Waals surface area (Å²) in [5, 5.41) is 6.45. The van der Waals surface area contributed by atoms with Crippen LogP contribution in [0.2, 0.25) is 0 Å². The summed E-state index contributed by atoms with van der Waals surface area (Å²) < 4.78 is 9.97. The van der Waals surface area contributed by atoms with Crippen LogP contribution in [0.1, 0.15) is 30.3 Å². The van der Waals surface area contributed by atoms with Gasteiger partial charge in [0.15, 0.2) is 11.5 Å². The topological polar surface area (TPSA) is 81.4 Å². The Labute approximate surface area is 128 Å². The molecule has 0 atom stereocenters. The van der Waals surface area contributed by atoms with E-state index in [4.69, 9.17) is 9.26 Å². The van der Waals surface area contributed by atoms with E-state index in [1.54, 1.807) is 13.0 Å². The lowest BCUT2D eigenvalue weighted by molar-refractivity contribution is -0.143. The number of esters is 1. The molecule has 0 saturated carbocycles. The summed E-state index contributed by atoms with van der Waals surface area (Å²) in [5.74, 6) is -0.0448. The Kier molecular flexibility index (Phi) is 5.71. The van der Waals surface area contributed by atoms with Gasteiger partial charge in [-0.05, 0) is 13.3 Å². The molecule has 22 heavy (non-hydrogen) atoms. The third kappa shape index (κ3) is 4.44. The van der Waals surface area contributed by atoms with Gasteiger partial charge >= 0.3 is 5.97 Å². The molecule has 0 spiro atoms. The summed E-state index contributed by atoms with van der Waals surface area (Å²) in [6.45, 7) is 2.51. The van der Waals surface area contributed by atoms with Crippen molar-refractivity contribution in [1.29, 1.82) is 0 Å². The molecule has 0 unspecified atom stereocenters. The van der Waals surface area contributed by atoms with E-state index < -0.39 is 0 Å². The average molecular weight is 302 g/mol. The Bertz CT molecular complexity index is 622. The van der Waals surface area contributed by atoms with Crippen LogP contribution in [-0.4, -0.2) is 30.2 Å². The van der Waals surface area contributed by atoms with Gasteiger partial charge in [0.1, 0.15) is 0 Å². The van der Waals surface area contributed by atoms with Crippen LogP contribution in [-0.2, 0) is 9.53 Å². The molecule has 0 bridgehead atoms. The molecular formula is C16H18N2O4. The van der Waals surface area contributed by atoms with E-state index in [1.165, 1.54) is 0 Å². The highest BCUT2D eigenvalue weighted by Gasteiger charge is 2.13. The van der Waals surface area contributed by atoms with Gasteiger partial charge in [-0.25, -0.2) is 0 Å². The zero-order valence-corrected chi connectivity index (χ0v) is 12.4. The number of nitrogens with one attached hydrogen (secondary N) is 1. The highest BCUT2D eigenvalue weighted by Crippen LogP contribution is 2.19. The number of carbonyl (C=O) groups is 2. The first-order valence-corrected chi connectivity index (χ1v) is 7.16. The minimum absolute atomic E-state index is 0.218. The minimum atomic E-state index is -0.324. The number of amides is 1. The second kappa shape index (κ2) is 7.97. The van der Waals surface area contributed by atoms with E-state index in [2.05, 4.69) is 10.5 Å². The van der Waals surface area contributed by atoms with Crippen LogP contribution >= 0.6 is 0 Å². The second-order valence-corrected chi connectivity index (χ2v) is 4.61. The molecule has 1 amide bonds. The normalized spacial score (nSPS) is 10.2. The second-order valence-electron chi connectivity index (χ2n) is 4.61. The third-order valence-corrected chi connectivity index (χ3v) is 2.95. The molecule has 0 aliphatic carbocycles. The summed E-state index contributed by atoms with van der Waals surface area (Å²) in [6.07, 6.45) is 0.802. The number of ether oxygens (including phenoxy) is 1. The van der Waals surface area contributed by atoms with Crippen LogP contribution in [0.4, 0.5) is 0 Å². The molecule has 0 radical (unpaired) electrons. The van der Waals surface area contributed by atoms with Gasteiger partial charge in [-0.15, -0.1) is 0 Å². The van der Waals surface area contributed by atoms with Crippen LogP contribution in [0, 0.1) is 0 Å². The third-order valence-electron chi connectivity index (χ3n) is 2.95. The number of hydrogen-bond acceptors (Lipinski definition) is 5. The van der Waals surface area contributed by atoms with Gasteiger partial charge < -0.3 is 14.6 Å². The SMILES string of the molecule is CCOC(=O)CCCNC(=O)c1cc(-c2ccccc2)on1. The predicted molar refractivity (Wildman–Crippen MR) is 80.1 cm³/mol. The van der Waals surface area contributed by atoms with E-state index >= 15 is 0 Å². The van der Waals surface area contributed by atoms with E-state index in [0.717, 1.165) is 5.56 Å². The molecule has 2 rings (SSSR count). The van der Waals surface area contributed by atoms with Crippen molar-refractivity contribution in [1.82, 2.24) is 10.5 Å². The largest absolute Gasteiger partial charge is 0.466 e. The molecular weight excluding hydrogens is 284 g/mol. The maximum absolute atomic E-state index is 11.9. The molecule has 1 heterocycles. The molecule has 116 valence electrons. The lowest BCUT2D eigenvalue weighted by Gasteiger charge is -2.03. The van der Waals surface area contributed by atoms with Crippen LogP contribution in [0.15, 0.2) is 40.9 Å². The molecule has 1 aromatic carbocycles. The first-order valence-electron chi connectivity index (χ1n) is 7.16. The van der Waals surface area contributed by atoms with Gasteiger partial charge in [0.2, 0.25) is 0 Å². The van der Waals surface area contributed by atoms with Crippen LogP contribution in [0.5, 0.6) is 0 Å². The number of benzene rings is 1. The van der Waals surface area contributed by atoms with Crippen molar-refractivity contribution >= 4 is 11.9 Å². The lowest BCUT2D eigenvalue weighted by atomic mass is 10.1. The number of nitrogens with zero attached hydrogens (tertiary/aromatic N) is 1. The minimum Gasteiger partial charge on any atom is -0.466 e. The summed E-state index contributed by atoms with van der Waals surface area (Å²) in [5.41, 5.74) is 1.08. The van der Waals surface area contributed by atoms with Gasteiger partial charge in [-0.1, -0.05) is 35.5 Å². The molecule has 1 N–H and O–H groups in total. The summed E-state index contributed by atoms with van der Waals surface area (Å²) >= 11 is 0. The van der Waals surface area contributed by atoms with Crippen molar-refractivity contribution in [3.05, 3.63) is 42.1 Å². The predicted octanol–water partition coefficient (Wildman–Crippen LogP) is 2.41. The van der Waals surface area contributed by atoms with Crippen LogP contribution in [0.3, 0.4) is 0 Å². The maximum atomic E-state index is 11.9. The Hall–Kier alpha value is -2.63. The van der Waals surface area contributed by atoms with E-state index in [0.29, 0.717) is 25.3 Å². The molecule has 0 aliphatic rings. The summed E-state index contributed by atoms with van der Waals surface area (Å²) in [4.78, 5) is 23.1. The van der Waals surface area contributed by atoms with Crippen molar-refractivity contribution in [3.63, 3.8) is 0 Å². The fraction of sp³-hybridized carbons (Fsp3) is 0.312. The Morgan fingerprint density at radius 2 is 2.05 bits per heavy atom. The van der Waals surface area contributed by atoms with E-state index in [1.807, 2.05) is 30.3 Å². The number of rotatable bonds is 7. The van der Waals surface area contributed by atoms with Gasteiger partial charge in [0.25, 0.3) is 5.91 Å². The van der Waals surface area contributed by atoms with Crippen molar-refractivity contribution in [2.45, 2.75) is 19.8 Å². The van der Waals surface area contributed by atoms with Gasteiger partial charge in [-0.2, -0.15) is 0 Å². The summed E-state index contributed by atoms with van der Waals surface area (Å²) in [7, 11) is 0. The Balaban J connectivity index is 1.81. The molecule has 6 heteroatoms. The standard InChI is InChI=1S/C16H18N2O4/c1-2-21-15(19)9-6-10-17-16(20)13-11-14(22-18-13)12-7-4-3-5-8-12/h3-5,7-8,11H,2,6,9-10H2,1H3,(H,17,20). The van der Waals surface area contributed by atoms with Gasteiger partial charge in [0, 0.05) is 24.6 Å². The summed E-state index contributed by atoms with van der Waals surface area (Å²) in [6, 6.07) is 11.0. The van der Waals surface area contributed by atoms with Crippen molar-refractivity contribution in [3.8, 4) is 11.3 Å². The quantitative estimate of drug-likeness (QED) is 0.627. The molecule has 2 aromatic rings.